The zero-order valence-electron chi connectivity index (χ0n) is 17.8. The number of carbonyl (C=O) groups is 1. The van der Waals surface area contributed by atoms with E-state index in [-0.39, 0.29) is 18.6 Å². The molecule has 7 heteroatoms. The van der Waals surface area contributed by atoms with E-state index in [0.717, 1.165) is 30.6 Å². The molecule has 162 valence electrons. The summed E-state index contributed by atoms with van der Waals surface area (Å²) in [6, 6.07) is 9.54. The molecule has 1 heterocycles. The highest BCUT2D eigenvalue weighted by atomic mass is 16.7. The first-order chi connectivity index (χ1) is 14.6. The van der Waals surface area contributed by atoms with E-state index in [4.69, 9.17) is 28.4 Å². The van der Waals surface area contributed by atoms with E-state index in [1.165, 1.54) is 11.1 Å². The molecule has 2 aliphatic rings. The molecular formula is C23H28O7. The predicted molar refractivity (Wildman–Crippen MR) is 111 cm³/mol. The number of rotatable bonds is 6. The zero-order chi connectivity index (χ0) is 21.5. The summed E-state index contributed by atoms with van der Waals surface area (Å²) in [4.78, 5) is 11.2. The summed E-state index contributed by atoms with van der Waals surface area (Å²) in [6.07, 6.45) is 2.68. The highest BCUT2D eigenvalue weighted by molar-refractivity contribution is 5.58. The molecule has 0 aromatic heterocycles. The molecule has 0 radical (unpaired) electrons. The van der Waals surface area contributed by atoms with Crippen LogP contribution in [0.15, 0.2) is 30.3 Å². The van der Waals surface area contributed by atoms with Crippen molar-refractivity contribution in [3.8, 4) is 28.7 Å². The van der Waals surface area contributed by atoms with Gasteiger partial charge >= 0.3 is 0 Å². The van der Waals surface area contributed by atoms with Crippen molar-refractivity contribution in [3.63, 3.8) is 0 Å². The van der Waals surface area contributed by atoms with E-state index in [0.29, 0.717) is 23.9 Å². The maximum Gasteiger partial charge on any atom is 0.231 e. The molecule has 2 atom stereocenters. The number of aldehydes is 1. The Hall–Kier alpha value is -2.93. The van der Waals surface area contributed by atoms with E-state index in [1.54, 1.807) is 28.4 Å². The minimum Gasteiger partial charge on any atom is -0.493 e. The lowest BCUT2D eigenvalue weighted by Gasteiger charge is -2.29. The van der Waals surface area contributed by atoms with E-state index < -0.39 is 0 Å². The van der Waals surface area contributed by atoms with Gasteiger partial charge in [-0.25, -0.2) is 0 Å². The van der Waals surface area contributed by atoms with Gasteiger partial charge in [0.15, 0.2) is 23.0 Å². The van der Waals surface area contributed by atoms with Crippen molar-refractivity contribution in [2.45, 2.75) is 12.8 Å². The minimum atomic E-state index is 0.0396. The van der Waals surface area contributed by atoms with Crippen molar-refractivity contribution in [2.24, 2.45) is 11.8 Å². The lowest BCUT2D eigenvalue weighted by Crippen LogP contribution is -2.29. The van der Waals surface area contributed by atoms with Crippen LogP contribution in [0.2, 0.25) is 0 Å². The second-order valence-corrected chi connectivity index (χ2v) is 7.09. The third kappa shape index (κ3) is 4.62. The molecule has 2 aromatic rings. The van der Waals surface area contributed by atoms with Crippen molar-refractivity contribution in [1.82, 2.24) is 0 Å². The lowest BCUT2D eigenvalue weighted by molar-refractivity contribution is -0.113. The minimum absolute atomic E-state index is 0.0396. The molecule has 1 aliphatic heterocycles. The molecular weight excluding hydrogens is 388 g/mol. The lowest BCUT2D eigenvalue weighted by atomic mass is 9.77. The summed E-state index contributed by atoms with van der Waals surface area (Å²) in [7, 11) is 6.45. The van der Waals surface area contributed by atoms with Gasteiger partial charge in [0.05, 0.1) is 27.9 Å². The fourth-order valence-electron chi connectivity index (χ4n) is 3.83. The molecule has 0 amide bonds. The number of methoxy groups -OCH3 is 4. The fraction of sp³-hybridized carbons (Fsp3) is 0.435. The van der Waals surface area contributed by atoms with Crippen molar-refractivity contribution in [2.75, 3.05) is 41.8 Å². The van der Waals surface area contributed by atoms with Crippen LogP contribution in [0.3, 0.4) is 0 Å². The number of carbonyl (C=O) groups excluding carboxylic acids is 1. The average molecular weight is 416 g/mol. The standard InChI is InChI=1S/C14H16O4.C9H12O3/c1-16-7-12-3-10-5-14-13(17-8-18-14)4-9(10)2-11(12)6-15;1-10-7-5-4-6-8(11-2)9(7)12-3/h4-6,11-12H,2-3,7-8H2,1H3;4-6H,1-3H3/t11-,12?;/m0./s1. The molecule has 7 nitrogen and oxygen atoms in total. The number of fused-ring (bicyclic) bond motifs is 2. The zero-order valence-corrected chi connectivity index (χ0v) is 17.8. The Morgan fingerprint density at radius 1 is 0.933 bits per heavy atom. The van der Waals surface area contributed by atoms with Crippen molar-refractivity contribution in [3.05, 3.63) is 41.5 Å². The van der Waals surface area contributed by atoms with Gasteiger partial charge in [0, 0.05) is 13.0 Å². The van der Waals surface area contributed by atoms with E-state index >= 15 is 0 Å². The summed E-state index contributed by atoms with van der Waals surface area (Å²) in [5, 5.41) is 0. The quantitative estimate of drug-likeness (QED) is 0.669. The van der Waals surface area contributed by atoms with Crippen LogP contribution in [-0.2, 0) is 22.4 Å². The van der Waals surface area contributed by atoms with Gasteiger partial charge in [-0.2, -0.15) is 0 Å². The monoisotopic (exact) mass is 416 g/mol. The Morgan fingerprint density at radius 2 is 1.53 bits per heavy atom. The first kappa shape index (κ1) is 21.8. The van der Waals surface area contributed by atoms with Crippen LogP contribution in [0.25, 0.3) is 0 Å². The van der Waals surface area contributed by atoms with Crippen LogP contribution in [0.1, 0.15) is 11.1 Å². The summed E-state index contributed by atoms with van der Waals surface area (Å²) in [6.45, 7) is 0.911. The largest absolute Gasteiger partial charge is 0.493 e. The Bertz CT molecular complexity index is 843. The Balaban J connectivity index is 0.000000187. The van der Waals surface area contributed by atoms with Gasteiger partial charge in [0.1, 0.15) is 6.29 Å². The molecule has 0 fully saturated rings. The van der Waals surface area contributed by atoms with Crippen molar-refractivity contribution in [1.29, 1.82) is 0 Å². The first-order valence-electron chi connectivity index (χ1n) is 9.75. The third-order valence-electron chi connectivity index (χ3n) is 5.38. The maximum atomic E-state index is 11.2. The molecule has 0 spiro atoms. The number of para-hydroxylation sites is 1. The molecule has 4 rings (SSSR count). The summed E-state index contributed by atoms with van der Waals surface area (Å²) >= 11 is 0. The Morgan fingerprint density at radius 3 is 2.03 bits per heavy atom. The van der Waals surface area contributed by atoms with Crippen LogP contribution >= 0.6 is 0 Å². The molecule has 1 aliphatic carbocycles. The van der Waals surface area contributed by atoms with Gasteiger partial charge in [-0.15, -0.1) is 0 Å². The van der Waals surface area contributed by atoms with Gasteiger partial charge in [-0.05, 0) is 54.2 Å². The second-order valence-electron chi connectivity index (χ2n) is 7.09. The molecule has 0 N–H and O–H groups in total. The number of ether oxygens (including phenoxy) is 6. The van der Waals surface area contributed by atoms with E-state index in [1.807, 2.05) is 30.3 Å². The topological polar surface area (TPSA) is 72.5 Å². The highest BCUT2D eigenvalue weighted by Crippen LogP contribution is 2.39. The van der Waals surface area contributed by atoms with Crippen molar-refractivity contribution >= 4 is 6.29 Å². The number of hydrogen-bond acceptors (Lipinski definition) is 7. The van der Waals surface area contributed by atoms with Crippen LogP contribution in [0, 0.1) is 11.8 Å². The van der Waals surface area contributed by atoms with E-state index in [9.17, 15) is 4.79 Å². The normalized spacial score (nSPS) is 18.5. The third-order valence-corrected chi connectivity index (χ3v) is 5.38. The predicted octanol–water partition coefficient (Wildman–Crippen LogP) is 3.30. The molecule has 30 heavy (non-hydrogen) atoms. The van der Waals surface area contributed by atoms with Gasteiger partial charge in [-0.3, -0.25) is 0 Å². The Kier molecular flexibility index (Phi) is 7.41. The molecule has 0 saturated heterocycles. The van der Waals surface area contributed by atoms with Crippen LogP contribution in [0.5, 0.6) is 28.7 Å². The summed E-state index contributed by atoms with van der Waals surface area (Å²) < 4.78 is 31.2. The molecule has 0 bridgehead atoms. The average Bonchev–Trinajstić information content (AvgIpc) is 3.24. The van der Waals surface area contributed by atoms with Gasteiger partial charge in [0.25, 0.3) is 0 Å². The van der Waals surface area contributed by atoms with Crippen LogP contribution < -0.4 is 23.7 Å². The van der Waals surface area contributed by atoms with Crippen LogP contribution in [0.4, 0.5) is 0 Å². The van der Waals surface area contributed by atoms with Gasteiger partial charge in [0.2, 0.25) is 12.5 Å². The SMILES string of the molecule is COCC1Cc2cc3c(cc2C[C@H]1C=O)OCO3.COc1cccc(OC)c1OC. The molecule has 0 saturated carbocycles. The van der Waals surface area contributed by atoms with E-state index in [2.05, 4.69) is 0 Å². The Labute approximate surface area is 176 Å². The maximum absolute atomic E-state index is 11.2. The second kappa shape index (κ2) is 10.2. The first-order valence-corrected chi connectivity index (χ1v) is 9.75. The number of hydrogen-bond donors (Lipinski definition) is 0. The van der Waals surface area contributed by atoms with Crippen LogP contribution in [-0.4, -0.2) is 48.1 Å². The van der Waals surface area contributed by atoms with Gasteiger partial charge < -0.3 is 33.2 Å². The molecule has 1 unspecified atom stereocenters. The highest BCUT2D eigenvalue weighted by Gasteiger charge is 2.30. The fourth-order valence-corrected chi connectivity index (χ4v) is 3.83. The molecule has 2 aromatic carbocycles. The summed E-state index contributed by atoms with van der Waals surface area (Å²) in [5.74, 6) is 3.90. The number of benzene rings is 2. The smallest absolute Gasteiger partial charge is 0.231 e. The van der Waals surface area contributed by atoms with Gasteiger partial charge in [-0.1, -0.05) is 6.07 Å². The summed E-state index contributed by atoms with van der Waals surface area (Å²) in [5.41, 5.74) is 2.45. The van der Waals surface area contributed by atoms with Crippen molar-refractivity contribution < 1.29 is 33.2 Å².